The minimum atomic E-state index is -0.518. The first-order valence-electron chi connectivity index (χ1n) is 8.51. The number of nitrogens with zero attached hydrogens (tertiary/aromatic N) is 4. The number of hydrogen-bond acceptors (Lipinski definition) is 5. The van der Waals surface area contributed by atoms with Crippen LogP contribution in [0.25, 0.3) is 11.0 Å². The van der Waals surface area contributed by atoms with Crippen LogP contribution in [-0.2, 0) is 4.79 Å². The second-order valence-corrected chi connectivity index (χ2v) is 6.17. The SMILES string of the molecule is CCN1C(=O)COc2ccc(C(=O)[C@H](C)n3nnc4ccccc43)cc21. The zero-order valence-electron chi connectivity index (χ0n) is 14.5. The lowest BCUT2D eigenvalue weighted by molar-refractivity contribution is -0.121. The van der Waals surface area contributed by atoms with Crippen molar-refractivity contribution in [1.82, 2.24) is 15.0 Å². The number of rotatable bonds is 4. The molecule has 0 N–H and O–H groups in total. The molecule has 1 aromatic heterocycles. The van der Waals surface area contributed by atoms with Crippen LogP contribution in [0.3, 0.4) is 0 Å². The Hall–Kier alpha value is -3.22. The van der Waals surface area contributed by atoms with Gasteiger partial charge in [0.25, 0.3) is 5.91 Å². The van der Waals surface area contributed by atoms with Gasteiger partial charge in [0.1, 0.15) is 17.3 Å². The molecule has 2 aromatic carbocycles. The summed E-state index contributed by atoms with van der Waals surface area (Å²) in [4.78, 5) is 26.7. The molecule has 26 heavy (non-hydrogen) atoms. The summed E-state index contributed by atoms with van der Waals surface area (Å²) in [5, 5.41) is 8.24. The van der Waals surface area contributed by atoms with Crippen LogP contribution >= 0.6 is 0 Å². The van der Waals surface area contributed by atoms with Crippen molar-refractivity contribution in [1.29, 1.82) is 0 Å². The molecule has 0 bridgehead atoms. The second kappa shape index (κ2) is 6.25. The van der Waals surface area contributed by atoms with E-state index in [1.807, 2.05) is 31.2 Å². The zero-order chi connectivity index (χ0) is 18.3. The van der Waals surface area contributed by atoms with Gasteiger partial charge in [0, 0.05) is 12.1 Å². The van der Waals surface area contributed by atoms with E-state index in [9.17, 15) is 9.59 Å². The summed E-state index contributed by atoms with van der Waals surface area (Å²) in [7, 11) is 0. The molecule has 1 amide bonds. The summed E-state index contributed by atoms with van der Waals surface area (Å²) in [5.41, 5.74) is 2.69. The lowest BCUT2D eigenvalue weighted by Crippen LogP contribution is -2.38. The summed E-state index contributed by atoms with van der Waals surface area (Å²) >= 11 is 0. The monoisotopic (exact) mass is 350 g/mol. The number of carbonyl (C=O) groups excluding carboxylic acids is 2. The van der Waals surface area contributed by atoms with Gasteiger partial charge < -0.3 is 9.64 Å². The van der Waals surface area contributed by atoms with Crippen molar-refractivity contribution >= 4 is 28.4 Å². The van der Waals surface area contributed by atoms with Gasteiger partial charge in [-0.1, -0.05) is 17.3 Å². The van der Waals surface area contributed by atoms with Crippen LogP contribution in [-0.4, -0.2) is 39.8 Å². The molecule has 0 aliphatic carbocycles. The molecule has 0 spiro atoms. The van der Waals surface area contributed by atoms with Crippen LogP contribution in [0.4, 0.5) is 5.69 Å². The van der Waals surface area contributed by atoms with Gasteiger partial charge in [0.05, 0.1) is 11.2 Å². The van der Waals surface area contributed by atoms with E-state index >= 15 is 0 Å². The molecule has 0 radical (unpaired) electrons. The average molecular weight is 350 g/mol. The molecule has 0 fully saturated rings. The lowest BCUT2D eigenvalue weighted by atomic mass is 10.0. The van der Waals surface area contributed by atoms with E-state index in [1.54, 1.807) is 34.7 Å². The van der Waals surface area contributed by atoms with Gasteiger partial charge in [0.2, 0.25) is 0 Å². The number of ether oxygens (including phenoxy) is 1. The van der Waals surface area contributed by atoms with Gasteiger partial charge in [-0.15, -0.1) is 5.10 Å². The van der Waals surface area contributed by atoms with Crippen molar-refractivity contribution in [2.75, 3.05) is 18.1 Å². The molecule has 4 rings (SSSR count). The molecule has 132 valence electrons. The van der Waals surface area contributed by atoms with Crippen LogP contribution in [0.5, 0.6) is 5.75 Å². The maximum Gasteiger partial charge on any atom is 0.265 e. The molecule has 1 aliphatic rings. The topological polar surface area (TPSA) is 77.3 Å². The standard InChI is InChI=1S/C19H18N4O3/c1-3-22-16-10-13(8-9-17(16)26-11-18(22)24)19(25)12(2)23-15-7-5-4-6-14(15)20-21-23/h4-10,12H,3,11H2,1-2H3/t12-/m0/s1. The normalized spacial score (nSPS) is 14.8. The number of para-hydroxylation sites is 1. The van der Waals surface area contributed by atoms with Crippen LogP contribution < -0.4 is 9.64 Å². The number of anilines is 1. The van der Waals surface area contributed by atoms with E-state index in [0.717, 1.165) is 11.0 Å². The fourth-order valence-corrected chi connectivity index (χ4v) is 3.23. The highest BCUT2D eigenvalue weighted by molar-refractivity contribution is 6.03. The Morgan fingerprint density at radius 2 is 2.08 bits per heavy atom. The van der Waals surface area contributed by atoms with Crippen molar-refractivity contribution in [3.63, 3.8) is 0 Å². The summed E-state index contributed by atoms with van der Waals surface area (Å²) in [6, 6.07) is 12.2. The molecule has 0 saturated heterocycles. The number of hydrogen-bond donors (Lipinski definition) is 0. The minimum absolute atomic E-state index is 0.0233. The predicted octanol–water partition coefficient (Wildman–Crippen LogP) is 2.62. The summed E-state index contributed by atoms with van der Waals surface area (Å²) in [6.45, 7) is 4.24. The first-order chi connectivity index (χ1) is 12.6. The van der Waals surface area contributed by atoms with E-state index < -0.39 is 6.04 Å². The Morgan fingerprint density at radius 1 is 1.27 bits per heavy atom. The first kappa shape index (κ1) is 16.3. The predicted molar refractivity (Wildman–Crippen MR) is 96.5 cm³/mol. The Morgan fingerprint density at radius 3 is 2.88 bits per heavy atom. The fourth-order valence-electron chi connectivity index (χ4n) is 3.23. The van der Waals surface area contributed by atoms with E-state index in [4.69, 9.17) is 4.74 Å². The molecule has 0 saturated carbocycles. The summed E-state index contributed by atoms with van der Waals surface area (Å²) < 4.78 is 7.08. The molecule has 0 unspecified atom stereocenters. The third-order valence-corrected chi connectivity index (χ3v) is 4.63. The number of aromatic nitrogens is 3. The molecule has 7 heteroatoms. The average Bonchev–Trinajstić information content (AvgIpc) is 3.10. The minimum Gasteiger partial charge on any atom is -0.482 e. The molecular formula is C19H18N4O3. The van der Waals surface area contributed by atoms with E-state index in [0.29, 0.717) is 23.5 Å². The van der Waals surface area contributed by atoms with Gasteiger partial charge in [-0.05, 0) is 44.2 Å². The number of carbonyl (C=O) groups is 2. The molecule has 1 atom stereocenters. The Bertz CT molecular complexity index is 1010. The summed E-state index contributed by atoms with van der Waals surface area (Å²) in [5.74, 6) is 0.402. The second-order valence-electron chi connectivity index (χ2n) is 6.17. The van der Waals surface area contributed by atoms with E-state index in [-0.39, 0.29) is 18.3 Å². The van der Waals surface area contributed by atoms with Crippen LogP contribution in [0.15, 0.2) is 42.5 Å². The smallest absolute Gasteiger partial charge is 0.265 e. The van der Waals surface area contributed by atoms with Crippen molar-refractivity contribution in [3.05, 3.63) is 48.0 Å². The third-order valence-electron chi connectivity index (χ3n) is 4.63. The molecule has 3 aromatic rings. The largest absolute Gasteiger partial charge is 0.482 e. The number of likely N-dealkylation sites (N-methyl/N-ethyl adjacent to an activating group) is 1. The van der Waals surface area contributed by atoms with E-state index in [1.165, 1.54) is 0 Å². The number of ketones is 1. The number of fused-ring (bicyclic) bond motifs is 2. The van der Waals surface area contributed by atoms with Crippen LogP contribution in [0.2, 0.25) is 0 Å². The highest BCUT2D eigenvalue weighted by atomic mass is 16.5. The molecule has 2 heterocycles. The van der Waals surface area contributed by atoms with Crippen molar-refractivity contribution in [2.45, 2.75) is 19.9 Å². The van der Waals surface area contributed by atoms with Crippen molar-refractivity contribution in [3.8, 4) is 5.75 Å². The Labute approximate surface area is 150 Å². The van der Waals surface area contributed by atoms with Gasteiger partial charge in [-0.2, -0.15) is 0 Å². The van der Waals surface area contributed by atoms with Crippen LogP contribution in [0, 0.1) is 0 Å². The van der Waals surface area contributed by atoms with Crippen molar-refractivity contribution < 1.29 is 14.3 Å². The number of amides is 1. The van der Waals surface area contributed by atoms with Crippen LogP contribution in [0.1, 0.15) is 30.2 Å². The van der Waals surface area contributed by atoms with Gasteiger partial charge in [-0.25, -0.2) is 4.68 Å². The molecule has 7 nitrogen and oxygen atoms in total. The van der Waals surface area contributed by atoms with Gasteiger partial charge in [0.15, 0.2) is 12.4 Å². The quantitative estimate of drug-likeness (QED) is 0.676. The summed E-state index contributed by atoms with van der Waals surface area (Å²) in [6.07, 6.45) is 0. The number of benzene rings is 2. The van der Waals surface area contributed by atoms with Gasteiger partial charge >= 0.3 is 0 Å². The highest BCUT2D eigenvalue weighted by Crippen LogP contribution is 2.33. The maximum absolute atomic E-state index is 13.0. The van der Waals surface area contributed by atoms with Crippen molar-refractivity contribution in [2.24, 2.45) is 0 Å². The Balaban J connectivity index is 1.70. The molecular weight excluding hydrogens is 332 g/mol. The lowest BCUT2D eigenvalue weighted by Gasteiger charge is -2.28. The van der Waals surface area contributed by atoms with Gasteiger partial charge in [-0.3, -0.25) is 9.59 Å². The maximum atomic E-state index is 13.0. The zero-order valence-corrected chi connectivity index (χ0v) is 14.5. The van der Waals surface area contributed by atoms with E-state index in [2.05, 4.69) is 10.3 Å². The molecule has 1 aliphatic heterocycles. The third kappa shape index (κ3) is 2.52. The number of Topliss-reactive ketones (excluding diaryl/α,β-unsaturated/α-hetero) is 1. The highest BCUT2D eigenvalue weighted by Gasteiger charge is 2.27. The first-order valence-corrected chi connectivity index (χ1v) is 8.51. The fraction of sp³-hybridized carbons (Fsp3) is 0.263. The Kier molecular flexibility index (Phi) is 3.91.